The van der Waals surface area contributed by atoms with Crippen molar-refractivity contribution >= 4 is 43.6 Å². The molecular formula is C62H40N6. The zero-order valence-electron chi connectivity index (χ0n) is 36.8. The molecule has 68 heavy (non-hydrogen) atoms. The van der Waals surface area contributed by atoms with Crippen molar-refractivity contribution in [2.45, 2.75) is 0 Å². The highest BCUT2D eigenvalue weighted by Crippen LogP contribution is 2.46. The molecule has 0 fully saturated rings. The maximum Gasteiger partial charge on any atom is 0.164 e. The third-order valence-electron chi connectivity index (χ3n) is 13.0. The Morgan fingerprint density at radius 2 is 0.676 bits per heavy atom. The number of pyridine rings is 1. The summed E-state index contributed by atoms with van der Waals surface area (Å²) < 4.78 is 4.72. The first-order chi connectivity index (χ1) is 33.7. The van der Waals surface area contributed by atoms with Gasteiger partial charge in [0, 0.05) is 61.4 Å². The zero-order valence-corrected chi connectivity index (χ0v) is 36.8. The van der Waals surface area contributed by atoms with Crippen LogP contribution in [0.3, 0.4) is 0 Å². The number of rotatable bonds is 8. The van der Waals surface area contributed by atoms with Crippen molar-refractivity contribution in [2.24, 2.45) is 0 Å². The first-order valence-electron chi connectivity index (χ1n) is 22.9. The summed E-state index contributed by atoms with van der Waals surface area (Å²) in [7, 11) is 0. The van der Waals surface area contributed by atoms with E-state index in [1.807, 2.05) is 48.7 Å². The fraction of sp³-hybridized carbons (Fsp3) is 0. The van der Waals surface area contributed by atoms with Gasteiger partial charge < -0.3 is 9.13 Å². The lowest BCUT2D eigenvalue weighted by Gasteiger charge is -2.19. The zero-order chi connectivity index (χ0) is 45.0. The first kappa shape index (κ1) is 39.1. The van der Waals surface area contributed by atoms with Crippen molar-refractivity contribution in [2.75, 3.05) is 0 Å². The molecule has 6 heteroatoms. The molecule has 0 aliphatic carbocycles. The average Bonchev–Trinajstić information content (AvgIpc) is 3.94. The monoisotopic (exact) mass is 868 g/mol. The van der Waals surface area contributed by atoms with Crippen LogP contribution in [0.25, 0.3) is 123 Å². The summed E-state index contributed by atoms with van der Waals surface area (Å²) in [5, 5.41) is 4.69. The molecule has 0 amide bonds. The number of nitrogens with zero attached hydrogens (tertiary/aromatic N) is 6. The van der Waals surface area contributed by atoms with Gasteiger partial charge in [-0.2, -0.15) is 0 Å². The summed E-state index contributed by atoms with van der Waals surface area (Å²) >= 11 is 0. The summed E-state index contributed by atoms with van der Waals surface area (Å²) in [5.74, 6) is 1.80. The van der Waals surface area contributed by atoms with Crippen LogP contribution in [0.1, 0.15) is 0 Å². The molecule has 318 valence electrons. The van der Waals surface area contributed by atoms with Gasteiger partial charge >= 0.3 is 0 Å². The van der Waals surface area contributed by atoms with E-state index in [0.717, 1.165) is 94.4 Å². The minimum atomic E-state index is 0.580. The van der Waals surface area contributed by atoms with Gasteiger partial charge in [0.25, 0.3) is 0 Å². The molecule has 0 N–H and O–H groups in total. The molecule has 0 radical (unpaired) electrons. The fourth-order valence-electron chi connectivity index (χ4n) is 9.94. The molecule has 4 aromatic heterocycles. The van der Waals surface area contributed by atoms with Crippen LogP contribution in [0.5, 0.6) is 0 Å². The second-order valence-electron chi connectivity index (χ2n) is 17.0. The quantitative estimate of drug-likeness (QED) is 0.153. The minimum absolute atomic E-state index is 0.580. The molecule has 4 heterocycles. The van der Waals surface area contributed by atoms with Gasteiger partial charge in [-0.25, -0.2) is 15.0 Å². The SMILES string of the molecule is c1ccc(-c2nc(-c3ccccc3)nc(-c3cc(-c4ccc5c(c4)c4ccccc4n5-c4ccccc4)c(-c4ccccn4)c(-c4ccc5c(c4)c4ccccc4n5-c4ccccc4)c3)n2)cc1. The van der Waals surface area contributed by atoms with E-state index in [2.05, 4.69) is 203 Å². The van der Waals surface area contributed by atoms with Crippen molar-refractivity contribution in [1.82, 2.24) is 29.1 Å². The molecule has 0 aliphatic rings. The van der Waals surface area contributed by atoms with Crippen molar-refractivity contribution in [1.29, 1.82) is 0 Å². The Morgan fingerprint density at radius 1 is 0.279 bits per heavy atom. The third-order valence-corrected chi connectivity index (χ3v) is 13.0. The normalized spacial score (nSPS) is 11.5. The Hall–Kier alpha value is -9.26. The summed E-state index contributed by atoms with van der Waals surface area (Å²) in [6.45, 7) is 0. The Kier molecular flexibility index (Phi) is 9.39. The smallest absolute Gasteiger partial charge is 0.164 e. The number of benzene rings is 9. The Bertz CT molecular complexity index is 3760. The highest BCUT2D eigenvalue weighted by atomic mass is 15.0. The van der Waals surface area contributed by atoms with Crippen molar-refractivity contribution in [3.05, 3.63) is 243 Å². The molecule has 0 atom stereocenters. The second-order valence-corrected chi connectivity index (χ2v) is 17.0. The van der Waals surface area contributed by atoms with Crippen molar-refractivity contribution in [3.63, 3.8) is 0 Å². The van der Waals surface area contributed by atoms with E-state index in [9.17, 15) is 0 Å². The van der Waals surface area contributed by atoms with E-state index in [4.69, 9.17) is 19.9 Å². The number of aromatic nitrogens is 6. The Labute approximate surface area is 392 Å². The lowest BCUT2D eigenvalue weighted by atomic mass is 9.86. The van der Waals surface area contributed by atoms with Gasteiger partial charge in [0.05, 0.1) is 27.8 Å². The van der Waals surface area contributed by atoms with Crippen molar-refractivity contribution < 1.29 is 0 Å². The van der Waals surface area contributed by atoms with Gasteiger partial charge in [0.2, 0.25) is 0 Å². The predicted molar refractivity (Wildman–Crippen MR) is 279 cm³/mol. The summed E-state index contributed by atoms with van der Waals surface area (Å²) in [6, 6.07) is 83.3. The number of fused-ring (bicyclic) bond motifs is 6. The van der Waals surface area contributed by atoms with Crippen LogP contribution in [-0.2, 0) is 0 Å². The van der Waals surface area contributed by atoms with Crippen LogP contribution >= 0.6 is 0 Å². The Balaban J connectivity index is 1.12. The summed E-state index contributed by atoms with van der Waals surface area (Å²) in [6.07, 6.45) is 1.88. The van der Waals surface area contributed by atoms with Crippen molar-refractivity contribution in [3.8, 4) is 79.0 Å². The summed E-state index contributed by atoms with van der Waals surface area (Å²) in [4.78, 5) is 20.7. The molecule has 0 aliphatic heterocycles. The highest BCUT2D eigenvalue weighted by Gasteiger charge is 2.23. The van der Waals surface area contributed by atoms with Crippen LogP contribution < -0.4 is 0 Å². The summed E-state index contributed by atoms with van der Waals surface area (Å²) in [5.41, 5.74) is 15.5. The van der Waals surface area contributed by atoms with Crippen LogP contribution in [0, 0.1) is 0 Å². The van der Waals surface area contributed by atoms with E-state index in [1.54, 1.807) is 0 Å². The maximum atomic E-state index is 5.28. The minimum Gasteiger partial charge on any atom is -0.309 e. The molecular weight excluding hydrogens is 829 g/mol. The molecule has 0 bridgehead atoms. The standard InChI is InChI=1S/C62H40N6/c1-5-19-41(20-6-1)60-64-61(42-21-7-2-8-22-42)66-62(65-60)45-39-50(43-32-34-57-52(37-43)48-27-13-15-30-55(48)67(57)46-23-9-3-10-24-46)59(54-29-17-18-36-63-54)51(40-45)44-33-35-58-53(38-44)49-28-14-16-31-56(49)68(58)47-25-11-4-12-26-47/h1-40H. The van der Waals surface area contributed by atoms with Gasteiger partial charge in [-0.3, -0.25) is 4.98 Å². The molecule has 9 aromatic carbocycles. The third kappa shape index (κ3) is 6.66. The van der Waals surface area contributed by atoms with Crippen LogP contribution in [0.2, 0.25) is 0 Å². The number of para-hydroxylation sites is 4. The first-order valence-corrected chi connectivity index (χ1v) is 22.9. The highest BCUT2D eigenvalue weighted by molar-refractivity contribution is 6.13. The molecule has 6 nitrogen and oxygen atoms in total. The van der Waals surface area contributed by atoms with E-state index < -0.39 is 0 Å². The van der Waals surface area contributed by atoms with E-state index in [1.165, 1.54) is 10.8 Å². The lowest BCUT2D eigenvalue weighted by Crippen LogP contribution is -2.01. The molecule has 0 saturated carbocycles. The van der Waals surface area contributed by atoms with E-state index in [-0.39, 0.29) is 0 Å². The second kappa shape index (κ2) is 16.3. The number of hydrogen-bond donors (Lipinski definition) is 0. The Morgan fingerprint density at radius 3 is 1.13 bits per heavy atom. The predicted octanol–water partition coefficient (Wildman–Crippen LogP) is 15.5. The topological polar surface area (TPSA) is 61.4 Å². The van der Waals surface area contributed by atoms with Gasteiger partial charge in [0.15, 0.2) is 17.5 Å². The average molecular weight is 869 g/mol. The molecule has 0 saturated heterocycles. The molecule has 0 unspecified atom stereocenters. The van der Waals surface area contributed by atoms with Crippen LogP contribution in [0.4, 0.5) is 0 Å². The van der Waals surface area contributed by atoms with E-state index >= 15 is 0 Å². The van der Waals surface area contributed by atoms with Crippen LogP contribution in [0.15, 0.2) is 243 Å². The van der Waals surface area contributed by atoms with Gasteiger partial charge in [-0.05, 0) is 107 Å². The van der Waals surface area contributed by atoms with Gasteiger partial charge in [0.1, 0.15) is 0 Å². The number of hydrogen-bond acceptors (Lipinski definition) is 4. The lowest BCUT2D eigenvalue weighted by molar-refractivity contribution is 1.07. The fourth-order valence-corrected chi connectivity index (χ4v) is 9.94. The molecule has 13 aromatic rings. The van der Waals surface area contributed by atoms with Gasteiger partial charge in [-0.15, -0.1) is 0 Å². The van der Waals surface area contributed by atoms with E-state index in [0.29, 0.717) is 17.5 Å². The molecule has 13 rings (SSSR count). The molecule has 0 spiro atoms. The maximum absolute atomic E-state index is 5.28. The largest absolute Gasteiger partial charge is 0.309 e. The van der Waals surface area contributed by atoms with Crippen LogP contribution in [-0.4, -0.2) is 29.1 Å². The van der Waals surface area contributed by atoms with Gasteiger partial charge in [-0.1, -0.05) is 152 Å².